The van der Waals surface area contributed by atoms with E-state index in [0.29, 0.717) is 5.02 Å². The number of allylic oxidation sites excluding steroid dienone is 1. The van der Waals surface area contributed by atoms with Crippen molar-refractivity contribution < 1.29 is 4.79 Å². The molecule has 0 bridgehead atoms. The summed E-state index contributed by atoms with van der Waals surface area (Å²) in [6.07, 6.45) is 1.66. The summed E-state index contributed by atoms with van der Waals surface area (Å²) in [5, 5.41) is 3.52. The summed E-state index contributed by atoms with van der Waals surface area (Å²) in [6, 6.07) is 17.5. The van der Waals surface area contributed by atoms with Crippen LogP contribution in [0.3, 0.4) is 0 Å². The van der Waals surface area contributed by atoms with E-state index in [2.05, 4.69) is 39.4 Å². The Hall–Kier alpha value is -2.46. The largest absolute Gasteiger partial charge is 0.371 e. The molecular formula is C20H22ClN3O. The molecule has 0 saturated carbocycles. The maximum absolute atomic E-state index is 12.2. The molecule has 3 rings (SSSR count). The van der Waals surface area contributed by atoms with Crippen molar-refractivity contribution in [2.24, 2.45) is 0 Å². The molecule has 0 aromatic heterocycles. The van der Waals surface area contributed by atoms with Crippen molar-refractivity contribution >= 4 is 28.9 Å². The van der Waals surface area contributed by atoms with Crippen molar-refractivity contribution in [3.8, 4) is 0 Å². The second kappa shape index (κ2) is 8.08. The number of para-hydroxylation sites is 1. The Morgan fingerprint density at radius 3 is 2.28 bits per heavy atom. The van der Waals surface area contributed by atoms with Crippen molar-refractivity contribution in [2.75, 3.05) is 36.4 Å². The smallest absolute Gasteiger partial charge is 0.250 e. The second-order valence-corrected chi connectivity index (χ2v) is 6.53. The van der Waals surface area contributed by atoms with Crippen molar-refractivity contribution in [3.05, 3.63) is 71.4 Å². The number of carbonyl (C=O) groups excluding carboxylic acids is 1. The zero-order chi connectivity index (χ0) is 17.6. The van der Waals surface area contributed by atoms with Crippen LogP contribution in [0, 0.1) is 0 Å². The van der Waals surface area contributed by atoms with Gasteiger partial charge in [0, 0.05) is 54.3 Å². The summed E-state index contributed by atoms with van der Waals surface area (Å²) in [7, 11) is 0. The topological polar surface area (TPSA) is 35.6 Å². The minimum atomic E-state index is -0.120. The number of carbonyl (C=O) groups is 1. The van der Waals surface area contributed by atoms with E-state index in [1.807, 2.05) is 13.0 Å². The van der Waals surface area contributed by atoms with Gasteiger partial charge in [-0.2, -0.15) is 0 Å². The van der Waals surface area contributed by atoms with E-state index >= 15 is 0 Å². The normalized spacial score (nSPS) is 15.2. The Labute approximate surface area is 153 Å². The van der Waals surface area contributed by atoms with E-state index in [1.54, 1.807) is 30.3 Å². The lowest BCUT2D eigenvalue weighted by molar-refractivity contribution is -0.112. The number of hydrogen-bond acceptors (Lipinski definition) is 3. The van der Waals surface area contributed by atoms with Crippen LogP contribution in [-0.4, -0.2) is 37.0 Å². The van der Waals surface area contributed by atoms with Gasteiger partial charge in [-0.1, -0.05) is 29.8 Å². The van der Waals surface area contributed by atoms with Crippen LogP contribution in [0.15, 0.2) is 66.4 Å². The van der Waals surface area contributed by atoms with Gasteiger partial charge >= 0.3 is 0 Å². The van der Waals surface area contributed by atoms with E-state index in [4.69, 9.17) is 11.6 Å². The summed E-state index contributed by atoms with van der Waals surface area (Å²) in [5.41, 5.74) is 2.98. The molecule has 1 heterocycles. The SMILES string of the molecule is C/C(=C\C(=O)Nc1ccc(Cl)cc1)N1CCN(c2ccccc2)CC1. The number of benzene rings is 2. The summed E-state index contributed by atoms with van der Waals surface area (Å²) >= 11 is 5.85. The van der Waals surface area contributed by atoms with Crippen LogP contribution in [0.1, 0.15) is 6.92 Å². The molecule has 1 amide bonds. The summed E-state index contributed by atoms with van der Waals surface area (Å²) in [6.45, 7) is 5.71. The molecule has 1 saturated heterocycles. The van der Waals surface area contributed by atoms with Gasteiger partial charge in [-0.05, 0) is 43.3 Å². The second-order valence-electron chi connectivity index (χ2n) is 6.09. The van der Waals surface area contributed by atoms with E-state index < -0.39 is 0 Å². The van der Waals surface area contributed by atoms with Crippen LogP contribution < -0.4 is 10.2 Å². The van der Waals surface area contributed by atoms with E-state index in [-0.39, 0.29) is 5.91 Å². The lowest BCUT2D eigenvalue weighted by Gasteiger charge is -2.37. The van der Waals surface area contributed by atoms with Crippen molar-refractivity contribution in [3.63, 3.8) is 0 Å². The lowest BCUT2D eigenvalue weighted by atomic mass is 10.2. The number of rotatable bonds is 4. The maximum atomic E-state index is 12.2. The third-order valence-electron chi connectivity index (χ3n) is 4.35. The first-order valence-electron chi connectivity index (χ1n) is 8.41. The van der Waals surface area contributed by atoms with Gasteiger partial charge < -0.3 is 15.1 Å². The van der Waals surface area contributed by atoms with E-state index in [9.17, 15) is 4.79 Å². The van der Waals surface area contributed by atoms with Crippen molar-refractivity contribution in [1.29, 1.82) is 0 Å². The molecule has 130 valence electrons. The maximum Gasteiger partial charge on any atom is 0.250 e. The average molecular weight is 356 g/mol. The molecule has 4 nitrogen and oxygen atoms in total. The number of anilines is 2. The van der Waals surface area contributed by atoms with Crippen molar-refractivity contribution in [1.82, 2.24) is 4.90 Å². The van der Waals surface area contributed by atoms with Gasteiger partial charge in [0.15, 0.2) is 0 Å². The highest BCUT2D eigenvalue weighted by Gasteiger charge is 2.17. The van der Waals surface area contributed by atoms with Crippen LogP contribution in [0.25, 0.3) is 0 Å². The number of halogens is 1. The van der Waals surface area contributed by atoms with Crippen LogP contribution in [0.2, 0.25) is 5.02 Å². The molecule has 0 unspecified atom stereocenters. The number of piperazine rings is 1. The van der Waals surface area contributed by atoms with E-state index in [0.717, 1.165) is 37.6 Å². The van der Waals surface area contributed by atoms with Crippen molar-refractivity contribution in [2.45, 2.75) is 6.92 Å². The van der Waals surface area contributed by atoms with Crippen LogP contribution >= 0.6 is 11.6 Å². The quantitative estimate of drug-likeness (QED) is 0.842. The molecule has 0 radical (unpaired) electrons. The molecule has 25 heavy (non-hydrogen) atoms. The highest BCUT2D eigenvalue weighted by molar-refractivity contribution is 6.30. The molecule has 1 N–H and O–H groups in total. The summed E-state index contributed by atoms with van der Waals surface area (Å²) in [5.74, 6) is -0.120. The average Bonchev–Trinajstić information content (AvgIpc) is 2.64. The molecule has 0 atom stereocenters. The van der Waals surface area contributed by atoms with E-state index in [1.165, 1.54) is 5.69 Å². The van der Waals surface area contributed by atoms with Crippen LogP contribution in [0.5, 0.6) is 0 Å². The third-order valence-corrected chi connectivity index (χ3v) is 4.60. The highest BCUT2D eigenvalue weighted by Crippen LogP contribution is 2.18. The number of amides is 1. The van der Waals surface area contributed by atoms with Gasteiger partial charge in [-0.3, -0.25) is 4.79 Å². The zero-order valence-electron chi connectivity index (χ0n) is 14.3. The fourth-order valence-electron chi connectivity index (χ4n) is 2.95. The molecule has 2 aromatic rings. The van der Waals surface area contributed by atoms with Gasteiger partial charge in [0.2, 0.25) is 5.91 Å². The summed E-state index contributed by atoms with van der Waals surface area (Å²) < 4.78 is 0. The minimum Gasteiger partial charge on any atom is -0.371 e. The lowest BCUT2D eigenvalue weighted by Crippen LogP contribution is -2.45. The van der Waals surface area contributed by atoms with Gasteiger partial charge in [0.1, 0.15) is 0 Å². The molecule has 1 fully saturated rings. The molecule has 2 aromatic carbocycles. The minimum absolute atomic E-state index is 0.120. The fraction of sp³-hybridized carbons (Fsp3) is 0.250. The predicted octanol–water partition coefficient (Wildman–Crippen LogP) is 4.00. The predicted molar refractivity (Wildman–Crippen MR) is 104 cm³/mol. The van der Waals surface area contributed by atoms with Crippen LogP contribution in [-0.2, 0) is 4.79 Å². The Morgan fingerprint density at radius 2 is 1.64 bits per heavy atom. The Kier molecular flexibility index (Phi) is 5.61. The highest BCUT2D eigenvalue weighted by atomic mass is 35.5. The number of nitrogens with one attached hydrogen (secondary N) is 1. The Bertz CT molecular complexity index is 735. The first-order chi connectivity index (χ1) is 12.1. The Balaban J connectivity index is 1.54. The first kappa shape index (κ1) is 17.4. The van der Waals surface area contributed by atoms with Crippen LogP contribution in [0.4, 0.5) is 11.4 Å². The van der Waals surface area contributed by atoms with Gasteiger partial charge in [-0.25, -0.2) is 0 Å². The Morgan fingerprint density at radius 1 is 1.00 bits per heavy atom. The van der Waals surface area contributed by atoms with Gasteiger partial charge in [-0.15, -0.1) is 0 Å². The first-order valence-corrected chi connectivity index (χ1v) is 8.79. The number of hydrogen-bond donors (Lipinski definition) is 1. The van der Waals surface area contributed by atoms with Gasteiger partial charge in [0.05, 0.1) is 0 Å². The zero-order valence-corrected chi connectivity index (χ0v) is 15.0. The molecular weight excluding hydrogens is 334 g/mol. The molecule has 5 heteroatoms. The third kappa shape index (κ3) is 4.77. The summed E-state index contributed by atoms with van der Waals surface area (Å²) in [4.78, 5) is 16.8. The standard InChI is InChI=1S/C20H22ClN3O/c1-16(15-20(25)22-18-9-7-17(21)8-10-18)23-11-13-24(14-12-23)19-5-3-2-4-6-19/h2-10,15H,11-14H2,1H3,(H,22,25)/b16-15+. The molecule has 1 aliphatic heterocycles. The molecule has 0 aliphatic carbocycles. The number of nitrogens with zero attached hydrogens (tertiary/aromatic N) is 2. The monoisotopic (exact) mass is 355 g/mol. The fourth-order valence-corrected chi connectivity index (χ4v) is 3.07. The molecule has 1 aliphatic rings. The molecule has 0 spiro atoms. The van der Waals surface area contributed by atoms with Gasteiger partial charge in [0.25, 0.3) is 0 Å².